The molecule has 0 unspecified atom stereocenters. The SMILES string of the molecule is C[C@H]1CC[C@H](c2ccc3sc(C4CC(C)(C)N(C)C(C)(C)C4)nc3c2)N(C(=O)C(=O)Nc2ccn3ccnc3c2)C1. The molecule has 8 nitrogen and oxygen atoms in total. The van der Waals surface area contributed by atoms with Crippen molar-refractivity contribution in [3.8, 4) is 0 Å². The Balaban J connectivity index is 1.24. The summed E-state index contributed by atoms with van der Waals surface area (Å²) in [6, 6.07) is 9.80. The van der Waals surface area contributed by atoms with Crippen molar-refractivity contribution in [2.75, 3.05) is 18.9 Å². The molecule has 2 atom stereocenters. The lowest BCUT2D eigenvalue weighted by Crippen LogP contribution is -2.58. The van der Waals surface area contributed by atoms with E-state index in [0.29, 0.717) is 29.7 Å². The third kappa shape index (κ3) is 5.26. The lowest BCUT2D eigenvalue weighted by atomic mass is 9.74. The van der Waals surface area contributed by atoms with Crippen LogP contribution in [0.25, 0.3) is 15.9 Å². The zero-order valence-electron chi connectivity index (χ0n) is 24.8. The fourth-order valence-corrected chi connectivity index (χ4v) is 7.96. The number of aromatic nitrogens is 3. The minimum atomic E-state index is -0.621. The van der Waals surface area contributed by atoms with Gasteiger partial charge in [0, 0.05) is 53.9 Å². The van der Waals surface area contributed by atoms with Gasteiger partial charge in [-0.2, -0.15) is 0 Å². The Bertz CT molecular complexity index is 1600. The third-order valence-electron chi connectivity index (χ3n) is 9.40. The highest BCUT2D eigenvalue weighted by atomic mass is 32.1. The Hall–Kier alpha value is -3.30. The molecule has 1 aromatic carbocycles. The number of hydrogen-bond acceptors (Lipinski definition) is 6. The van der Waals surface area contributed by atoms with Crippen LogP contribution in [0.4, 0.5) is 5.69 Å². The zero-order valence-corrected chi connectivity index (χ0v) is 25.7. The van der Waals surface area contributed by atoms with Crippen LogP contribution in [0.1, 0.15) is 82.8 Å². The molecule has 4 aromatic rings. The summed E-state index contributed by atoms with van der Waals surface area (Å²) >= 11 is 1.80. The number of anilines is 1. The molecule has 3 aromatic heterocycles. The molecule has 2 aliphatic heterocycles. The molecule has 6 rings (SSSR count). The Morgan fingerprint density at radius 3 is 2.54 bits per heavy atom. The summed E-state index contributed by atoms with van der Waals surface area (Å²) in [5.41, 5.74) is 3.49. The molecule has 216 valence electrons. The molecule has 0 bridgehead atoms. The van der Waals surface area contributed by atoms with Crippen molar-refractivity contribution in [3.05, 3.63) is 59.5 Å². The van der Waals surface area contributed by atoms with Crippen LogP contribution in [0.5, 0.6) is 0 Å². The monoisotopic (exact) mass is 572 g/mol. The minimum Gasteiger partial charge on any atom is -0.327 e. The van der Waals surface area contributed by atoms with Crippen molar-refractivity contribution in [3.63, 3.8) is 0 Å². The van der Waals surface area contributed by atoms with Gasteiger partial charge in [0.25, 0.3) is 0 Å². The number of benzene rings is 1. The number of fused-ring (bicyclic) bond motifs is 2. The Kier molecular flexibility index (Phi) is 6.93. The van der Waals surface area contributed by atoms with Gasteiger partial charge in [0.05, 0.1) is 21.3 Å². The summed E-state index contributed by atoms with van der Waals surface area (Å²) in [6.45, 7) is 12.0. The fraction of sp³-hybridized carbons (Fsp3) is 0.500. The molecule has 5 heterocycles. The number of pyridine rings is 1. The van der Waals surface area contributed by atoms with E-state index in [1.165, 1.54) is 9.71 Å². The highest BCUT2D eigenvalue weighted by molar-refractivity contribution is 7.18. The van der Waals surface area contributed by atoms with Crippen LogP contribution >= 0.6 is 11.3 Å². The molecule has 2 saturated heterocycles. The van der Waals surface area contributed by atoms with E-state index in [0.717, 1.165) is 36.8 Å². The molecule has 2 amide bonds. The maximum atomic E-state index is 13.5. The number of piperidine rings is 2. The van der Waals surface area contributed by atoms with Crippen molar-refractivity contribution in [1.82, 2.24) is 24.2 Å². The van der Waals surface area contributed by atoms with Gasteiger partial charge in [0.2, 0.25) is 0 Å². The molecular formula is C32H40N6O2S. The quantitative estimate of drug-likeness (QED) is 0.294. The second-order valence-corrected chi connectivity index (χ2v) is 14.3. The molecule has 2 fully saturated rings. The van der Waals surface area contributed by atoms with Crippen molar-refractivity contribution < 1.29 is 9.59 Å². The van der Waals surface area contributed by atoms with Gasteiger partial charge >= 0.3 is 11.8 Å². The van der Waals surface area contributed by atoms with Crippen LogP contribution in [-0.4, -0.2) is 60.7 Å². The molecule has 0 aliphatic carbocycles. The summed E-state index contributed by atoms with van der Waals surface area (Å²) in [7, 11) is 2.23. The average molecular weight is 573 g/mol. The maximum Gasteiger partial charge on any atom is 0.313 e. The molecule has 0 radical (unpaired) electrons. The first-order chi connectivity index (χ1) is 19.4. The van der Waals surface area contributed by atoms with E-state index in [1.807, 2.05) is 16.8 Å². The molecule has 0 spiro atoms. The van der Waals surface area contributed by atoms with Gasteiger partial charge in [-0.1, -0.05) is 13.0 Å². The Labute approximate surface area is 245 Å². The van der Waals surface area contributed by atoms with Gasteiger partial charge in [0.1, 0.15) is 5.65 Å². The number of likely N-dealkylation sites (tertiary alicyclic amines) is 2. The molecule has 41 heavy (non-hydrogen) atoms. The number of carbonyl (C=O) groups excluding carboxylic acids is 2. The molecular weight excluding hydrogens is 532 g/mol. The fourth-order valence-electron chi connectivity index (χ4n) is 6.92. The average Bonchev–Trinajstić information content (AvgIpc) is 3.57. The van der Waals surface area contributed by atoms with Crippen LogP contribution in [0.15, 0.2) is 48.9 Å². The topological polar surface area (TPSA) is 82.8 Å². The number of nitrogens with one attached hydrogen (secondary N) is 1. The number of imidazole rings is 1. The van der Waals surface area contributed by atoms with Crippen molar-refractivity contribution in [2.24, 2.45) is 5.92 Å². The van der Waals surface area contributed by atoms with Gasteiger partial charge in [-0.05, 0) is 90.1 Å². The summed E-state index contributed by atoms with van der Waals surface area (Å²) in [5.74, 6) is -0.380. The minimum absolute atomic E-state index is 0.0972. The normalized spacial score (nSPS) is 23.2. The van der Waals surface area contributed by atoms with E-state index >= 15 is 0 Å². The summed E-state index contributed by atoms with van der Waals surface area (Å²) < 4.78 is 3.03. The highest BCUT2D eigenvalue weighted by Crippen LogP contribution is 2.46. The Morgan fingerprint density at radius 1 is 1.02 bits per heavy atom. The van der Waals surface area contributed by atoms with E-state index < -0.39 is 11.8 Å². The van der Waals surface area contributed by atoms with Gasteiger partial charge < -0.3 is 14.6 Å². The second-order valence-electron chi connectivity index (χ2n) is 13.3. The lowest BCUT2D eigenvalue weighted by Gasteiger charge is -2.53. The van der Waals surface area contributed by atoms with Gasteiger partial charge in [-0.25, -0.2) is 9.97 Å². The van der Waals surface area contributed by atoms with Crippen LogP contribution in [0.3, 0.4) is 0 Å². The third-order valence-corrected chi connectivity index (χ3v) is 10.6. The number of carbonyl (C=O) groups is 2. The highest BCUT2D eigenvalue weighted by Gasteiger charge is 2.44. The zero-order chi connectivity index (χ0) is 29.1. The van der Waals surface area contributed by atoms with Crippen molar-refractivity contribution in [1.29, 1.82) is 0 Å². The number of amides is 2. The Morgan fingerprint density at radius 2 is 1.78 bits per heavy atom. The molecule has 0 saturated carbocycles. The van der Waals surface area contributed by atoms with Crippen LogP contribution in [0.2, 0.25) is 0 Å². The number of hydrogen-bond donors (Lipinski definition) is 1. The largest absolute Gasteiger partial charge is 0.327 e. The van der Waals surface area contributed by atoms with E-state index in [-0.39, 0.29) is 17.1 Å². The maximum absolute atomic E-state index is 13.5. The standard InChI is InChI=1S/C32H40N6O2S/c1-20-7-9-25(38(19-20)30(40)28(39)34-23-11-13-37-14-12-33-27(37)16-23)21-8-10-26-24(15-21)35-29(41-26)22-17-31(2,3)36(6)32(4,5)18-22/h8,10-16,20,22,25H,7,9,17-19H2,1-6H3,(H,34,39)/t20-,25+/m0/s1. The van der Waals surface area contributed by atoms with Gasteiger partial charge in [-0.3, -0.25) is 14.5 Å². The van der Waals surface area contributed by atoms with E-state index in [9.17, 15) is 9.59 Å². The van der Waals surface area contributed by atoms with Gasteiger partial charge in [-0.15, -0.1) is 11.3 Å². The molecule has 1 N–H and O–H groups in total. The first kappa shape index (κ1) is 27.8. The van der Waals surface area contributed by atoms with E-state index in [1.54, 1.807) is 34.6 Å². The van der Waals surface area contributed by atoms with Crippen LogP contribution < -0.4 is 5.32 Å². The van der Waals surface area contributed by atoms with Crippen LogP contribution in [0, 0.1) is 5.92 Å². The first-order valence-corrected chi connectivity index (χ1v) is 15.4. The number of thiazole rings is 1. The number of nitrogens with zero attached hydrogens (tertiary/aromatic N) is 5. The smallest absolute Gasteiger partial charge is 0.313 e. The number of rotatable bonds is 3. The van der Waals surface area contributed by atoms with Crippen LogP contribution in [-0.2, 0) is 9.59 Å². The van der Waals surface area contributed by atoms with E-state index in [4.69, 9.17) is 4.98 Å². The predicted molar refractivity (Wildman–Crippen MR) is 164 cm³/mol. The summed E-state index contributed by atoms with van der Waals surface area (Å²) in [6.07, 6.45) is 9.33. The molecule has 9 heteroatoms. The predicted octanol–water partition coefficient (Wildman–Crippen LogP) is 6.25. The summed E-state index contributed by atoms with van der Waals surface area (Å²) in [5, 5.41) is 4.00. The van der Waals surface area contributed by atoms with E-state index in [2.05, 4.69) is 75.1 Å². The summed E-state index contributed by atoms with van der Waals surface area (Å²) in [4.78, 5) is 40.4. The van der Waals surface area contributed by atoms with Crippen molar-refractivity contribution in [2.45, 2.75) is 83.3 Å². The second kappa shape index (κ2) is 10.2. The lowest BCUT2D eigenvalue weighted by molar-refractivity contribution is -0.146. The van der Waals surface area contributed by atoms with Crippen molar-refractivity contribution >= 4 is 44.7 Å². The van der Waals surface area contributed by atoms with Gasteiger partial charge in [0.15, 0.2) is 0 Å². The molecule has 2 aliphatic rings. The first-order valence-electron chi connectivity index (χ1n) is 14.6.